The summed E-state index contributed by atoms with van der Waals surface area (Å²) in [7, 11) is 0. The van der Waals surface area contributed by atoms with Crippen LogP contribution in [0.4, 0.5) is 0 Å². The number of nitrogens with two attached hydrogens (primary N) is 1. The van der Waals surface area contributed by atoms with Crippen LogP contribution in [0.25, 0.3) is 0 Å². The summed E-state index contributed by atoms with van der Waals surface area (Å²) in [5.41, 5.74) is 7.43. The van der Waals surface area contributed by atoms with Crippen molar-refractivity contribution in [2.75, 3.05) is 19.6 Å². The normalized spacial score (nSPS) is 19.4. The molecular formula is C14H22N2. The molecular weight excluding hydrogens is 196 g/mol. The SMILES string of the molecule is CCCC1CN(CC(N)c2ccccc2)C1. The van der Waals surface area contributed by atoms with Crippen LogP contribution < -0.4 is 5.73 Å². The van der Waals surface area contributed by atoms with E-state index in [1.54, 1.807) is 0 Å². The fraction of sp³-hybridized carbons (Fsp3) is 0.571. The Balaban J connectivity index is 1.75. The van der Waals surface area contributed by atoms with Gasteiger partial charge in [0.1, 0.15) is 0 Å². The predicted molar refractivity (Wildman–Crippen MR) is 68.2 cm³/mol. The minimum Gasteiger partial charge on any atom is -0.323 e. The van der Waals surface area contributed by atoms with E-state index in [1.807, 2.05) is 6.07 Å². The van der Waals surface area contributed by atoms with Crippen LogP contribution in [0.15, 0.2) is 30.3 Å². The largest absolute Gasteiger partial charge is 0.323 e. The van der Waals surface area contributed by atoms with E-state index in [4.69, 9.17) is 5.73 Å². The van der Waals surface area contributed by atoms with Crippen LogP contribution in [-0.2, 0) is 0 Å². The summed E-state index contributed by atoms with van der Waals surface area (Å²) in [4.78, 5) is 2.47. The average molecular weight is 218 g/mol. The van der Waals surface area contributed by atoms with Crippen LogP contribution in [0.5, 0.6) is 0 Å². The van der Waals surface area contributed by atoms with Crippen molar-refractivity contribution in [1.29, 1.82) is 0 Å². The molecule has 0 radical (unpaired) electrons. The van der Waals surface area contributed by atoms with Gasteiger partial charge in [0.2, 0.25) is 0 Å². The highest BCUT2D eigenvalue weighted by Gasteiger charge is 2.26. The van der Waals surface area contributed by atoms with Gasteiger partial charge in [0.05, 0.1) is 0 Å². The first-order valence-corrected chi connectivity index (χ1v) is 6.32. The van der Waals surface area contributed by atoms with Crippen molar-refractivity contribution in [2.24, 2.45) is 11.7 Å². The van der Waals surface area contributed by atoms with Gasteiger partial charge >= 0.3 is 0 Å². The van der Waals surface area contributed by atoms with Crippen molar-refractivity contribution in [1.82, 2.24) is 4.90 Å². The van der Waals surface area contributed by atoms with Crippen molar-refractivity contribution in [2.45, 2.75) is 25.8 Å². The number of rotatable bonds is 5. The quantitative estimate of drug-likeness (QED) is 0.822. The van der Waals surface area contributed by atoms with Gasteiger partial charge in [0.15, 0.2) is 0 Å². The third kappa shape index (κ3) is 2.83. The summed E-state index contributed by atoms with van der Waals surface area (Å²) in [5, 5.41) is 0. The number of hydrogen-bond acceptors (Lipinski definition) is 2. The molecule has 0 amide bonds. The minimum absolute atomic E-state index is 0.170. The molecule has 1 fully saturated rings. The molecule has 0 spiro atoms. The van der Waals surface area contributed by atoms with E-state index in [9.17, 15) is 0 Å². The van der Waals surface area contributed by atoms with E-state index in [2.05, 4.69) is 36.1 Å². The topological polar surface area (TPSA) is 29.3 Å². The lowest BCUT2D eigenvalue weighted by atomic mass is 9.94. The van der Waals surface area contributed by atoms with E-state index >= 15 is 0 Å². The Morgan fingerprint density at radius 3 is 2.62 bits per heavy atom. The molecule has 1 aliphatic rings. The second-order valence-corrected chi connectivity index (χ2v) is 4.89. The Morgan fingerprint density at radius 2 is 2.00 bits per heavy atom. The van der Waals surface area contributed by atoms with Gasteiger partial charge in [-0.2, -0.15) is 0 Å². The second-order valence-electron chi connectivity index (χ2n) is 4.89. The molecule has 2 heteroatoms. The molecule has 1 aliphatic heterocycles. The molecule has 0 saturated carbocycles. The highest BCUT2D eigenvalue weighted by atomic mass is 15.2. The maximum atomic E-state index is 6.18. The maximum absolute atomic E-state index is 6.18. The molecule has 0 bridgehead atoms. The Morgan fingerprint density at radius 1 is 1.31 bits per heavy atom. The van der Waals surface area contributed by atoms with Gasteiger partial charge in [-0.05, 0) is 17.9 Å². The molecule has 1 heterocycles. The third-order valence-electron chi connectivity index (χ3n) is 3.41. The summed E-state index contributed by atoms with van der Waals surface area (Å²) in [6, 6.07) is 10.6. The summed E-state index contributed by atoms with van der Waals surface area (Å²) in [6.45, 7) is 5.76. The van der Waals surface area contributed by atoms with E-state index in [0.29, 0.717) is 0 Å². The summed E-state index contributed by atoms with van der Waals surface area (Å²) in [5.74, 6) is 0.924. The van der Waals surface area contributed by atoms with Crippen LogP contribution >= 0.6 is 0 Å². The molecule has 2 N–H and O–H groups in total. The molecule has 1 unspecified atom stereocenters. The fourth-order valence-corrected chi connectivity index (χ4v) is 2.50. The Hall–Kier alpha value is -0.860. The number of nitrogens with zero attached hydrogens (tertiary/aromatic N) is 1. The van der Waals surface area contributed by atoms with Gasteiger partial charge in [-0.1, -0.05) is 43.7 Å². The summed E-state index contributed by atoms with van der Waals surface area (Å²) >= 11 is 0. The van der Waals surface area contributed by atoms with Crippen molar-refractivity contribution >= 4 is 0 Å². The first kappa shape index (κ1) is 11.6. The van der Waals surface area contributed by atoms with Gasteiger partial charge in [0, 0.05) is 25.7 Å². The van der Waals surface area contributed by atoms with E-state index < -0.39 is 0 Å². The lowest BCUT2D eigenvalue weighted by molar-refractivity contribution is 0.0870. The molecule has 88 valence electrons. The van der Waals surface area contributed by atoms with Gasteiger partial charge in [-0.3, -0.25) is 0 Å². The van der Waals surface area contributed by atoms with Crippen molar-refractivity contribution in [3.63, 3.8) is 0 Å². The standard InChI is InChI=1S/C14H22N2/c1-2-6-12-9-16(10-12)11-14(15)13-7-4-3-5-8-13/h3-5,7-8,12,14H,2,6,9-11,15H2,1H3. The minimum atomic E-state index is 0.170. The molecule has 0 aliphatic carbocycles. The Kier molecular flexibility index (Phi) is 3.97. The molecule has 1 aromatic rings. The molecule has 1 saturated heterocycles. The van der Waals surface area contributed by atoms with Crippen LogP contribution in [-0.4, -0.2) is 24.5 Å². The van der Waals surface area contributed by atoms with Gasteiger partial charge < -0.3 is 10.6 Å². The average Bonchev–Trinajstić information content (AvgIpc) is 2.27. The lowest BCUT2D eigenvalue weighted by Gasteiger charge is -2.40. The maximum Gasteiger partial charge on any atom is 0.0424 e. The number of benzene rings is 1. The van der Waals surface area contributed by atoms with Gasteiger partial charge in [-0.25, -0.2) is 0 Å². The molecule has 1 aromatic carbocycles. The Labute approximate surface area is 98.4 Å². The van der Waals surface area contributed by atoms with Crippen molar-refractivity contribution in [3.05, 3.63) is 35.9 Å². The van der Waals surface area contributed by atoms with Gasteiger partial charge in [0.25, 0.3) is 0 Å². The van der Waals surface area contributed by atoms with Crippen LogP contribution in [0.2, 0.25) is 0 Å². The predicted octanol–water partition coefficient (Wildman–Crippen LogP) is 2.42. The van der Waals surface area contributed by atoms with Crippen molar-refractivity contribution in [3.8, 4) is 0 Å². The van der Waals surface area contributed by atoms with Crippen LogP contribution in [0, 0.1) is 5.92 Å². The van der Waals surface area contributed by atoms with E-state index in [1.165, 1.54) is 31.5 Å². The van der Waals surface area contributed by atoms with Gasteiger partial charge in [-0.15, -0.1) is 0 Å². The second kappa shape index (κ2) is 5.46. The number of likely N-dealkylation sites (tertiary alicyclic amines) is 1. The zero-order chi connectivity index (χ0) is 11.4. The zero-order valence-electron chi connectivity index (χ0n) is 10.1. The van der Waals surface area contributed by atoms with Crippen LogP contribution in [0.3, 0.4) is 0 Å². The molecule has 2 nitrogen and oxygen atoms in total. The zero-order valence-corrected chi connectivity index (χ0v) is 10.1. The molecule has 1 atom stereocenters. The molecule has 0 aromatic heterocycles. The third-order valence-corrected chi connectivity index (χ3v) is 3.41. The number of hydrogen-bond donors (Lipinski definition) is 1. The first-order valence-electron chi connectivity index (χ1n) is 6.32. The highest BCUT2D eigenvalue weighted by molar-refractivity contribution is 5.18. The lowest BCUT2D eigenvalue weighted by Crippen LogP contribution is -2.49. The molecule has 2 rings (SSSR count). The highest BCUT2D eigenvalue weighted by Crippen LogP contribution is 2.22. The van der Waals surface area contributed by atoms with E-state index in [0.717, 1.165) is 12.5 Å². The smallest absolute Gasteiger partial charge is 0.0424 e. The van der Waals surface area contributed by atoms with Crippen LogP contribution in [0.1, 0.15) is 31.4 Å². The Bertz CT molecular complexity index is 304. The van der Waals surface area contributed by atoms with Crippen molar-refractivity contribution < 1.29 is 0 Å². The first-order chi connectivity index (χ1) is 7.79. The monoisotopic (exact) mass is 218 g/mol. The summed E-state index contributed by atoms with van der Waals surface area (Å²) < 4.78 is 0. The summed E-state index contributed by atoms with van der Waals surface area (Å²) in [6.07, 6.45) is 2.68. The van der Waals surface area contributed by atoms with E-state index in [-0.39, 0.29) is 6.04 Å². The fourth-order valence-electron chi connectivity index (χ4n) is 2.50. The molecule has 16 heavy (non-hydrogen) atoms.